The maximum Gasteiger partial charge on any atom is 2.00 e. The Morgan fingerprint density at radius 1 is 1.14 bits per heavy atom. The first-order valence-electron chi connectivity index (χ1n) is 0.612. The predicted molar refractivity (Wildman–Crippen MR) is 18.8 cm³/mol. The molecule has 0 saturated carbocycles. The molecule has 0 aromatic carbocycles. The Hall–Kier alpha value is 0.762. The minimum atomic E-state index is -2.33. The topological polar surface area (TPSA) is 93.2 Å². The molecule has 0 heterocycles. The van der Waals surface area contributed by atoms with Gasteiger partial charge in [-0.3, -0.25) is 0 Å². The van der Waals surface area contributed by atoms with Gasteiger partial charge in [0.05, 0.1) is 0 Å². The van der Waals surface area contributed by atoms with Crippen LogP contribution in [0.3, 0.4) is 0 Å². The van der Waals surface area contributed by atoms with Gasteiger partial charge in [-0.05, 0) is 6.16 Å². The van der Waals surface area contributed by atoms with Crippen LogP contribution in [0.1, 0.15) is 0 Å². The van der Waals surface area contributed by atoms with Crippen molar-refractivity contribution in [3.05, 3.63) is 0 Å². The van der Waals surface area contributed by atoms with Crippen molar-refractivity contribution in [2.75, 3.05) is 0 Å². The molecular formula is CHMg2O4+. The Morgan fingerprint density at radius 3 is 1.14 bits per heavy atom. The molecule has 0 aliphatic heterocycles. The molecule has 0 rings (SSSR count). The molecular weight excluding hydrogens is 125 g/mol. The van der Waals surface area contributed by atoms with Gasteiger partial charge in [-0.1, -0.05) is 0 Å². The standard InChI is InChI=1S/CH2O3.2Mg.H2O/c2-1(3)4;;;/h(H2,2,3,4);;;1H2/q;2*+2;/p-3. The summed E-state index contributed by atoms with van der Waals surface area (Å²) in [5, 5.41) is 16.7. The summed E-state index contributed by atoms with van der Waals surface area (Å²) >= 11 is 0. The van der Waals surface area contributed by atoms with Crippen LogP contribution in [0.2, 0.25) is 0 Å². The second kappa shape index (κ2) is 15.9. The summed E-state index contributed by atoms with van der Waals surface area (Å²) in [6, 6.07) is 0. The van der Waals surface area contributed by atoms with Gasteiger partial charge < -0.3 is 20.5 Å². The first kappa shape index (κ1) is 25.1. The minimum Gasteiger partial charge on any atom is -0.870 e. The van der Waals surface area contributed by atoms with Crippen LogP contribution in [0.4, 0.5) is 4.79 Å². The molecule has 0 bridgehead atoms. The van der Waals surface area contributed by atoms with Crippen molar-refractivity contribution in [3.8, 4) is 0 Å². The van der Waals surface area contributed by atoms with Crippen molar-refractivity contribution in [1.29, 1.82) is 0 Å². The molecule has 0 aliphatic rings. The van der Waals surface area contributed by atoms with Crippen LogP contribution in [0.25, 0.3) is 0 Å². The Balaban J connectivity index is -0.0000000150. The van der Waals surface area contributed by atoms with E-state index < -0.39 is 6.16 Å². The van der Waals surface area contributed by atoms with Gasteiger partial charge in [0.2, 0.25) is 0 Å². The number of carbonyl (C=O) groups excluding carboxylic acids is 1. The second-order valence-corrected chi connectivity index (χ2v) is 0.250. The number of rotatable bonds is 0. The monoisotopic (exact) mass is 125 g/mol. The van der Waals surface area contributed by atoms with Crippen LogP contribution in [-0.4, -0.2) is 57.7 Å². The first-order valence-corrected chi connectivity index (χ1v) is 0.612. The average Bonchev–Trinajstić information content (AvgIpc) is 0.811. The van der Waals surface area contributed by atoms with Gasteiger partial charge in [-0.2, -0.15) is 0 Å². The summed E-state index contributed by atoms with van der Waals surface area (Å²) in [6.07, 6.45) is -2.33. The third kappa shape index (κ3) is 264. The van der Waals surface area contributed by atoms with Gasteiger partial charge in [0.1, 0.15) is 0 Å². The quantitative estimate of drug-likeness (QED) is 0.316. The number of hydrogen-bond donors (Lipinski definition) is 0. The first-order chi connectivity index (χ1) is 1.73. The Morgan fingerprint density at radius 2 is 1.14 bits per heavy atom. The Kier molecular flexibility index (Phi) is 56.8. The van der Waals surface area contributed by atoms with E-state index in [0.717, 1.165) is 0 Å². The number of carbonyl (C=O) groups is 1. The van der Waals surface area contributed by atoms with Gasteiger partial charge in [0.25, 0.3) is 0 Å². The predicted octanol–water partition coefficient (Wildman–Crippen LogP) is -3.39. The summed E-state index contributed by atoms with van der Waals surface area (Å²) in [5.74, 6) is 0. The summed E-state index contributed by atoms with van der Waals surface area (Å²) in [4.78, 5) is 8.33. The van der Waals surface area contributed by atoms with E-state index in [9.17, 15) is 0 Å². The van der Waals surface area contributed by atoms with E-state index in [1.54, 1.807) is 0 Å². The third-order valence-corrected chi connectivity index (χ3v) is 0. The SMILES string of the molecule is O=C([O-])[O-].[Mg+2].[Mg+2].[OH-]. The Bertz CT molecular complexity index is 32.7. The van der Waals surface area contributed by atoms with E-state index >= 15 is 0 Å². The van der Waals surface area contributed by atoms with Crippen LogP contribution in [0, 0.1) is 0 Å². The average molecular weight is 126 g/mol. The fraction of sp³-hybridized carbons (Fsp3) is 0. The molecule has 32 valence electrons. The van der Waals surface area contributed by atoms with E-state index in [1.807, 2.05) is 0 Å². The van der Waals surface area contributed by atoms with E-state index in [2.05, 4.69) is 0 Å². The number of carboxylic acid groups (broad SMARTS) is 2. The van der Waals surface area contributed by atoms with Gasteiger partial charge in [-0.25, -0.2) is 0 Å². The van der Waals surface area contributed by atoms with Crippen molar-refractivity contribution >= 4 is 52.3 Å². The minimum absolute atomic E-state index is 0. The van der Waals surface area contributed by atoms with Crippen LogP contribution in [-0.2, 0) is 0 Å². The molecule has 0 aromatic rings. The maximum atomic E-state index is 8.33. The molecule has 0 saturated heterocycles. The summed E-state index contributed by atoms with van der Waals surface area (Å²) in [5.41, 5.74) is 0. The molecule has 0 unspecified atom stereocenters. The van der Waals surface area contributed by atoms with Crippen LogP contribution in [0.5, 0.6) is 0 Å². The fourth-order valence-corrected chi connectivity index (χ4v) is 0. The van der Waals surface area contributed by atoms with Crippen molar-refractivity contribution in [1.82, 2.24) is 0 Å². The van der Waals surface area contributed by atoms with E-state index in [0.29, 0.717) is 0 Å². The van der Waals surface area contributed by atoms with Crippen LogP contribution < -0.4 is 10.2 Å². The summed E-state index contributed by atoms with van der Waals surface area (Å²) in [7, 11) is 0. The van der Waals surface area contributed by atoms with E-state index in [4.69, 9.17) is 15.0 Å². The molecule has 0 aromatic heterocycles. The van der Waals surface area contributed by atoms with E-state index in [1.165, 1.54) is 0 Å². The van der Waals surface area contributed by atoms with Crippen LogP contribution >= 0.6 is 0 Å². The van der Waals surface area contributed by atoms with Crippen molar-refractivity contribution in [3.63, 3.8) is 0 Å². The molecule has 0 atom stereocenters. The molecule has 6 heteroatoms. The molecule has 7 heavy (non-hydrogen) atoms. The molecule has 0 aliphatic carbocycles. The smallest absolute Gasteiger partial charge is 0.870 e. The molecule has 0 amide bonds. The zero-order valence-corrected chi connectivity index (χ0v) is 6.41. The third-order valence-electron chi connectivity index (χ3n) is 0. The zero-order valence-electron chi connectivity index (χ0n) is 3.59. The van der Waals surface area contributed by atoms with Crippen molar-refractivity contribution in [2.45, 2.75) is 0 Å². The van der Waals surface area contributed by atoms with Gasteiger partial charge in [-0.15, -0.1) is 0 Å². The normalized spacial score (nSPS) is 3.43. The largest absolute Gasteiger partial charge is 2.00 e. The van der Waals surface area contributed by atoms with Gasteiger partial charge >= 0.3 is 46.1 Å². The molecule has 4 nitrogen and oxygen atoms in total. The zero-order chi connectivity index (χ0) is 3.58. The van der Waals surface area contributed by atoms with Crippen molar-refractivity contribution in [2.24, 2.45) is 0 Å². The molecule has 0 spiro atoms. The molecule has 0 fully saturated rings. The summed E-state index contributed by atoms with van der Waals surface area (Å²) < 4.78 is 0. The van der Waals surface area contributed by atoms with Crippen molar-refractivity contribution < 1.29 is 20.5 Å². The number of hydrogen-bond acceptors (Lipinski definition) is 4. The second-order valence-electron chi connectivity index (χ2n) is 0.250. The maximum absolute atomic E-state index is 8.33. The van der Waals surface area contributed by atoms with E-state index in [-0.39, 0.29) is 51.6 Å². The summed E-state index contributed by atoms with van der Waals surface area (Å²) in [6.45, 7) is 0. The van der Waals surface area contributed by atoms with Crippen LogP contribution in [0.15, 0.2) is 0 Å². The van der Waals surface area contributed by atoms with Gasteiger partial charge in [0.15, 0.2) is 0 Å². The van der Waals surface area contributed by atoms with Gasteiger partial charge in [0, 0.05) is 0 Å². The molecule has 1 N–H and O–H groups in total. The fourth-order valence-electron chi connectivity index (χ4n) is 0. The Labute approximate surface area is 72.5 Å². The molecule has 0 radical (unpaired) electrons.